The van der Waals surface area contributed by atoms with Gasteiger partial charge in [-0.3, -0.25) is 15.6 Å². The second kappa shape index (κ2) is 6.03. The van der Waals surface area contributed by atoms with Crippen molar-refractivity contribution in [3.05, 3.63) is 32.2 Å². The van der Waals surface area contributed by atoms with Crippen LogP contribution in [0.15, 0.2) is 29.2 Å². The van der Waals surface area contributed by atoms with Crippen molar-refractivity contribution < 1.29 is 0 Å². The number of hydrogen-bond donors (Lipinski definition) is 4. The molecule has 0 atom stereocenters. The van der Waals surface area contributed by atoms with Gasteiger partial charge >= 0.3 is 0 Å². The molecule has 2 heterocycles. The average molecular weight is 321 g/mol. The number of para-hydroxylation sites is 1. The van der Waals surface area contributed by atoms with Gasteiger partial charge in [-0.2, -0.15) is 0 Å². The topological polar surface area (TPSA) is 46.9 Å². The number of nitrogens with one attached hydrogen (secondary N) is 3. The van der Waals surface area contributed by atoms with Crippen molar-refractivity contribution in [3.63, 3.8) is 0 Å². The van der Waals surface area contributed by atoms with Crippen LogP contribution >= 0.6 is 60.5 Å². The highest BCUT2D eigenvalue weighted by atomic mass is 32.2. The molecule has 0 bridgehead atoms. The zero-order valence-corrected chi connectivity index (χ0v) is 12.5. The van der Waals surface area contributed by atoms with Gasteiger partial charge in [-0.05, 0) is 48.5 Å². The SMILES string of the molecule is S=c1[nH][nH]c(=S)s1.SN1Nc2ccccc2S1. The molecule has 0 unspecified atom stereocenters. The van der Waals surface area contributed by atoms with Crippen LogP contribution in [0.4, 0.5) is 5.69 Å². The van der Waals surface area contributed by atoms with Crippen molar-refractivity contribution in [1.29, 1.82) is 0 Å². The molecule has 1 aromatic heterocycles. The van der Waals surface area contributed by atoms with Crippen LogP contribution in [0.25, 0.3) is 0 Å². The van der Waals surface area contributed by atoms with Gasteiger partial charge in [-0.1, -0.05) is 36.3 Å². The van der Waals surface area contributed by atoms with Gasteiger partial charge in [-0.25, -0.2) is 0 Å². The first-order valence-corrected chi connectivity index (χ1v) is 7.26. The zero-order chi connectivity index (χ0) is 12.3. The van der Waals surface area contributed by atoms with Gasteiger partial charge in [0.25, 0.3) is 0 Å². The quantitative estimate of drug-likeness (QED) is 0.335. The summed E-state index contributed by atoms with van der Waals surface area (Å²) in [6, 6.07) is 8.10. The lowest BCUT2D eigenvalue weighted by molar-refractivity contribution is 0.948. The Morgan fingerprint density at radius 2 is 1.76 bits per heavy atom. The fraction of sp³-hybridized carbons (Fsp3) is 0. The van der Waals surface area contributed by atoms with E-state index >= 15 is 0 Å². The molecular formula is C8H8N4S5. The lowest BCUT2D eigenvalue weighted by Crippen LogP contribution is -2.03. The van der Waals surface area contributed by atoms with Crippen molar-refractivity contribution in [2.45, 2.75) is 4.90 Å². The van der Waals surface area contributed by atoms with Crippen LogP contribution in [-0.2, 0) is 0 Å². The first-order valence-electron chi connectivity index (χ1n) is 4.45. The summed E-state index contributed by atoms with van der Waals surface area (Å²) in [4.78, 5) is 1.22. The van der Waals surface area contributed by atoms with Crippen molar-refractivity contribution in [2.24, 2.45) is 0 Å². The van der Waals surface area contributed by atoms with Crippen LogP contribution < -0.4 is 5.43 Å². The van der Waals surface area contributed by atoms with E-state index in [4.69, 9.17) is 24.4 Å². The molecule has 3 rings (SSSR count). The van der Waals surface area contributed by atoms with Gasteiger partial charge in [0.05, 0.1) is 10.6 Å². The van der Waals surface area contributed by atoms with E-state index in [9.17, 15) is 0 Å². The monoisotopic (exact) mass is 320 g/mol. The molecule has 0 aliphatic carbocycles. The Labute approximate surface area is 122 Å². The number of aromatic amines is 2. The second-order valence-corrected chi connectivity index (χ2v) is 6.91. The molecule has 1 aliphatic heterocycles. The van der Waals surface area contributed by atoms with Gasteiger partial charge in [0.2, 0.25) is 0 Å². The van der Waals surface area contributed by atoms with E-state index in [2.05, 4.69) is 34.5 Å². The number of H-pyrrole nitrogens is 2. The Morgan fingerprint density at radius 1 is 1.12 bits per heavy atom. The minimum atomic E-state index is 0.699. The number of rotatable bonds is 0. The first-order chi connectivity index (χ1) is 8.15. The third-order valence-electron chi connectivity index (χ3n) is 1.74. The van der Waals surface area contributed by atoms with Crippen molar-refractivity contribution in [1.82, 2.24) is 14.0 Å². The third kappa shape index (κ3) is 3.83. The minimum Gasteiger partial charge on any atom is -0.298 e. The number of hydrogen-bond acceptors (Lipinski definition) is 7. The summed E-state index contributed by atoms with van der Waals surface area (Å²) in [6.07, 6.45) is 0. The Kier molecular flexibility index (Phi) is 4.65. The molecule has 2 aromatic rings. The van der Waals surface area contributed by atoms with E-state index in [1.54, 1.807) is 15.8 Å². The summed E-state index contributed by atoms with van der Waals surface area (Å²) in [6.45, 7) is 0. The molecule has 17 heavy (non-hydrogen) atoms. The van der Waals surface area contributed by atoms with Crippen LogP contribution in [-0.4, -0.2) is 14.0 Å². The highest BCUT2D eigenvalue weighted by molar-refractivity contribution is 8.06. The lowest BCUT2D eigenvalue weighted by atomic mass is 10.3. The summed E-state index contributed by atoms with van der Waals surface area (Å²) in [7, 11) is 0. The molecule has 0 amide bonds. The maximum atomic E-state index is 4.70. The molecule has 0 fully saturated rings. The van der Waals surface area contributed by atoms with Gasteiger partial charge in [0.15, 0.2) is 7.91 Å². The molecule has 0 spiro atoms. The summed E-state index contributed by atoms with van der Waals surface area (Å²) >= 11 is 16.5. The summed E-state index contributed by atoms with van der Waals surface area (Å²) in [5.74, 6) is 0. The summed E-state index contributed by atoms with van der Waals surface area (Å²) < 4.78 is 3.08. The number of hydrazine groups is 1. The van der Waals surface area contributed by atoms with Gasteiger partial charge < -0.3 is 0 Å². The van der Waals surface area contributed by atoms with E-state index < -0.39 is 0 Å². The predicted octanol–water partition coefficient (Wildman–Crippen LogP) is 4.04. The third-order valence-corrected chi connectivity index (χ3v) is 4.18. The van der Waals surface area contributed by atoms with Crippen LogP contribution in [0.3, 0.4) is 0 Å². The van der Waals surface area contributed by atoms with Crippen molar-refractivity contribution in [2.75, 3.05) is 5.43 Å². The number of nitrogens with zero attached hydrogens (tertiary/aromatic N) is 1. The van der Waals surface area contributed by atoms with E-state index in [-0.39, 0.29) is 0 Å². The molecule has 3 N–H and O–H groups in total. The number of benzene rings is 1. The minimum absolute atomic E-state index is 0.699. The number of thiol groups is 1. The molecule has 90 valence electrons. The largest absolute Gasteiger partial charge is 0.298 e. The van der Waals surface area contributed by atoms with Crippen molar-refractivity contribution >= 4 is 66.2 Å². The second-order valence-electron chi connectivity index (χ2n) is 2.90. The molecule has 0 radical (unpaired) electrons. The molecular weight excluding hydrogens is 312 g/mol. The lowest BCUT2D eigenvalue weighted by Gasteiger charge is -2.02. The summed E-state index contributed by atoms with van der Waals surface area (Å²) in [5.41, 5.74) is 4.19. The molecule has 0 saturated carbocycles. The number of aromatic nitrogens is 2. The Balaban J connectivity index is 0.000000136. The van der Waals surface area contributed by atoms with Crippen LogP contribution in [0.2, 0.25) is 0 Å². The number of anilines is 1. The van der Waals surface area contributed by atoms with E-state index in [0.717, 1.165) is 5.69 Å². The maximum Gasteiger partial charge on any atom is 0.175 e. The standard InChI is InChI=1S/C6H6N2S2.C2H2N2S3/c9-8-7-5-3-1-2-4-6(5)10-8;5-1-3-4-2(6)7-1/h1-4,7,9H;(H,3,5)(H,4,6). The van der Waals surface area contributed by atoms with Crippen LogP contribution in [0.1, 0.15) is 0 Å². The molecule has 0 saturated heterocycles. The molecule has 1 aromatic carbocycles. The van der Waals surface area contributed by atoms with Gasteiger partial charge in [0, 0.05) is 0 Å². The Morgan fingerprint density at radius 3 is 2.29 bits per heavy atom. The van der Waals surface area contributed by atoms with Crippen LogP contribution in [0.5, 0.6) is 0 Å². The number of fused-ring (bicyclic) bond motifs is 1. The first kappa shape index (κ1) is 13.1. The maximum absolute atomic E-state index is 4.70. The van der Waals surface area contributed by atoms with Gasteiger partial charge in [0.1, 0.15) is 0 Å². The van der Waals surface area contributed by atoms with Gasteiger partial charge in [-0.15, -0.1) is 3.82 Å². The van der Waals surface area contributed by atoms with E-state index in [1.807, 2.05) is 18.2 Å². The highest BCUT2D eigenvalue weighted by Gasteiger charge is 2.14. The van der Waals surface area contributed by atoms with E-state index in [0.29, 0.717) is 7.91 Å². The van der Waals surface area contributed by atoms with Crippen LogP contribution in [0, 0.1) is 7.91 Å². The summed E-state index contributed by atoms with van der Waals surface area (Å²) in [5, 5.41) is 5.34. The smallest absolute Gasteiger partial charge is 0.175 e. The van der Waals surface area contributed by atoms with Crippen molar-refractivity contribution in [3.8, 4) is 0 Å². The Hall–Kier alpha value is -0.320. The zero-order valence-electron chi connectivity index (χ0n) is 8.34. The fourth-order valence-corrected chi connectivity index (χ4v) is 3.28. The predicted molar refractivity (Wildman–Crippen MR) is 81.4 cm³/mol. The average Bonchev–Trinajstić information content (AvgIpc) is 2.83. The fourth-order valence-electron chi connectivity index (χ4n) is 1.09. The normalized spacial score (nSPS) is 13.5. The molecule has 4 nitrogen and oxygen atoms in total. The highest BCUT2D eigenvalue weighted by Crippen LogP contribution is 2.37. The Bertz CT molecular complexity index is 550. The molecule has 9 heteroatoms. The van der Waals surface area contributed by atoms with E-state index in [1.165, 1.54) is 16.2 Å². The molecule has 1 aliphatic rings.